The van der Waals surface area contributed by atoms with Gasteiger partial charge in [-0.3, -0.25) is 9.69 Å². The maximum Gasteiger partial charge on any atom is 0.276 e. The molecule has 0 bridgehead atoms. The number of hydrogen-bond donors (Lipinski definition) is 1. The minimum Gasteiger partial charge on any atom is -0.465 e. The second-order valence-electron chi connectivity index (χ2n) is 3.05. The SMILES string of the molecule is CCN1C(=O)/C(=C/c2ccco2)NC1=S. The van der Waals surface area contributed by atoms with Crippen molar-refractivity contribution in [3.05, 3.63) is 29.9 Å². The topological polar surface area (TPSA) is 45.5 Å². The second-order valence-corrected chi connectivity index (χ2v) is 3.44. The first-order valence-electron chi connectivity index (χ1n) is 4.60. The molecule has 0 aromatic carbocycles. The van der Waals surface area contributed by atoms with E-state index in [1.54, 1.807) is 24.5 Å². The fourth-order valence-corrected chi connectivity index (χ4v) is 1.70. The summed E-state index contributed by atoms with van der Waals surface area (Å²) in [7, 11) is 0. The van der Waals surface area contributed by atoms with Crippen LogP contribution in [0.2, 0.25) is 0 Å². The third kappa shape index (κ3) is 1.78. The van der Waals surface area contributed by atoms with Crippen LogP contribution in [0.1, 0.15) is 12.7 Å². The average Bonchev–Trinajstić information content (AvgIpc) is 2.78. The highest BCUT2D eigenvalue weighted by Crippen LogP contribution is 2.13. The van der Waals surface area contributed by atoms with E-state index >= 15 is 0 Å². The predicted octanol–water partition coefficient (Wildman–Crippen LogP) is 1.36. The maximum absolute atomic E-state index is 11.7. The van der Waals surface area contributed by atoms with Gasteiger partial charge in [-0.25, -0.2) is 0 Å². The van der Waals surface area contributed by atoms with Crippen molar-refractivity contribution in [1.82, 2.24) is 10.2 Å². The summed E-state index contributed by atoms with van der Waals surface area (Å²) < 4.78 is 5.12. The van der Waals surface area contributed by atoms with Gasteiger partial charge in [0, 0.05) is 12.6 Å². The number of likely N-dealkylation sites (N-methyl/N-ethyl adjacent to an activating group) is 1. The lowest BCUT2D eigenvalue weighted by Gasteiger charge is -2.08. The molecule has 1 aromatic rings. The normalized spacial score (nSPS) is 18.7. The van der Waals surface area contributed by atoms with Gasteiger partial charge in [0.2, 0.25) is 0 Å². The highest BCUT2D eigenvalue weighted by atomic mass is 32.1. The average molecular weight is 222 g/mol. The molecule has 0 unspecified atom stereocenters. The molecule has 4 nitrogen and oxygen atoms in total. The molecule has 0 radical (unpaired) electrons. The molecule has 0 spiro atoms. The van der Waals surface area contributed by atoms with Gasteiger partial charge >= 0.3 is 0 Å². The molecule has 5 heteroatoms. The molecular weight excluding hydrogens is 212 g/mol. The molecule has 1 aliphatic rings. The number of rotatable bonds is 2. The van der Waals surface area contributed by atoms with E-state index in [-0.39, 0.29) is 5.91 Å². The summed E-state index contributed by atoms with van der Waals surface area (Å²) in [6.07, 6.45) is 3.20. The molecule has 0 atom stereocenters. The van der Waals surface area contributed by atoms with Crippen molar-refractivity contribution in [2.45, 2.75) is 6.92 Å². The Bertz CT molecular complexity index is 423. The number of carbonyl (C=O) groups excluding carboxylic acids is 1. The minimum atomic E-state index is -0.112. The Labute approximate surface area is 92.5 Å². The number of carbonyl (C=O) groups is 1. The molecule has 1 aromatic heterocycles. The molecule has 0 aliphatic carbocycles. The van der Waals surface area contributed by atoms with Crippen molar-refractivity contribution < 1.29 is 9.21 Å². The van der Waals surface area contributed by atoms with Crippen LogP contribution < -0.4 is 5.32 Å². The van der Waals surface area contributed by atoms with E-state index in [0.717, 1.165) is 0 Å². The number of nitrogens with one attached hydrogen (secondary N) is 1. The molecule has 15 heavy (non-hydrogen) atoms. The molecule has 2 rings (SSSR count). The summed E-state index contributed by atoms with van der Waals surface area (Å²) >= 11 is 5.01. The lowest BCUT2D eigenvalue weighted by Crippen LogP contribution is -2.30. The van der Waals surface area contributed by atoms with Crippen LogP contribution in [0.3, 0.4) is 0 Å². The van der Waals surface area contributed by atoms with Gasteiger partial charge in [-0.2, -0.15) is 0 Å². The van der Waals surface area contributed by atoms with Gasteiger partial charge in [0.05, 0.1) is 6.26 Å². The predicted molar refractivity (Wildman–Crippen MR) is 59.8 cm³/mol. The van der Waals surface area contributed by atoms with E-state index in [4.69, 9.17) is 16.6 Å². The number of furan rings is 1. The van der Waals surface area contributed by atoms with Crippen LogP contribution in [-0.2, 0) is 4.79 Å². The highest BCUT2D eigenvalue weighted by Gasteiger charge is 2.29. The lowest BCUT2D eigenvalue weighted by atomic mass is 10.3. The van der Waals surface area contributed by atoms with Gasteiger partial charge in [0.1, 0.15) is 11.5 Å². The van der Waals surface area contributed by atoms with E-state index in [1.165, 1.54) is 4.90 Å². The standard InChI is InChI=1S/C10H10N2O2S/c1-2-12-9(13)8(11-10(12)15)6-7-4-3-5-14-7/h3-6H,2H2,1H3,(H,11,15)/b8-6-. The molecule has 2 heterocycles. The first-order chi connectivity index (χ1) is 7.22. The zero-order valence-corrected chi connectivity index (χ0v) is 9.00. The van der Waals surface area contributed by atoms with Gasteiger partial charge in [-0.1, -0.05) is 0 Å². The fourth-order valence-electron chi connectivity index (χ4n) is 1.37. The molecule has 1 N–H and O–H groups in total. The summed E-state index contributed by atoms with van der Waals surface area (Å²) in [5.41, 5.74) is 0.455. The Hall–Kier alpha value is -1.62. The van der Waals surface area contributed by atoms with Crippen LogP contribution >= 0.6 is 12.2 Å². The minimum absolute atomic E-state index is 0.112. The fraction of sp³-hybridized carbons (Fsp3) is 0.200. The molecule has 0 saturated carbocycles. The Morgan fingerprint density at radius 3 is 3.00 bits per heavy atom. The molecule has 1 saturated heterocycles. The van der Waals surface area contributed by atoms with Gasteiger partial charge in [-0.15, -0.1) is 0 Å². The summed E-state index contributed by atoms with van der Waals surface area (Å²) in [6, 6.07) is 3.54. The van der Waals surface area contributed by atoms with Crippen molar-refractivity contribution in [3.63, 3.8) is 0 Å². The largest absolute Gasteiger partial charge is 0.465 e. The highest BCUT2D eigenvalue weighted by molar-refractivity contribution is 7.80. The molecule has 1 aliphatic heterocycles. The van der Waals surface area contributed by atoms with Gasteiger partial charge in [0.15, 0.2) is 5.11 Å². The van der Waals surface area contributed by atoms with E-state index < -0.39 is 0 Å². The van der Waals surface area contributed by atoms with Crippen molar-refractivity contribution in [2.75, 3.05) is 6.54 Å². The van der Waals surface area contributed by atoms with E-state index in [2.05, 4.69) is 5.32 Å². The summed E-state index contributed by atoms with van der Waals surface area (Å²) in [4.78, 5) is 13.2. The van der Waals surface area contributed by atoms with Crippen LogP contribution in [0, 0.1) is 0 Å². The number of thiocarbonyl (C=S) groups is 1. The second kappa shape index (κ2) is 3.86. The number of hydrogen-bond acceptors (Lipinski definition) is 3. The van der Waals surface area contributed by atoms with E-state index in [0.29, 0.717) is 23.1 Å². The number of amides is 1. The summed E-state index contributed by atoms with van der Waals surface area (Å²) in [6.45, 7) is 2.45. The first kappa shape index (κ1) is 9.92. The Morgan fingerprint density at radius 2 is 2.47 bits per heavy atom. The van der Waals surface area contributed by atoms with E-state index in [9.17, 15) is 4.79 Å². The summed E-state index contributed by atoms with van der Waals surface area (Å²) in [5, 5.41) is 3.30. The molecule has 1 amide bonds. The summed E-state index contributed by atoms with van der Waals surface area (Å²) in [5.74, 6) is 0.519. The third-order valence-corrected chi connectivity index (χ3v) is 2.43. The molecule has 78 valence electrons. The van der Waals surface area contributed by atoms with Crippen LogP contribution in [0.25, 0.3) is 6.08 Å². The van der Waals surface area contributed by atoms with Gasteiger partial charge < -0.3 is 9.73 Å². The molecule has 1 fully saturated rings. The van der Waals surface area contributed by atoms with Gasteiger partial charge in [0.25, 0.3) is 5.91 Å². The van der Waals surface area contributed by atoms with Crippen LogP contribution in [0.15, 0.2) is 28.5 Å². The maximum atomic E-state index is 11.7. The van der Waals surface area contributed by atoms with Crippen molar-refractivity contribution in [2.24, 2.45) is 0 Å². The zero-order valence-electron chi connectivity index (χ0n) is 8.19. The quantitative estimate of drug-likeness (QED) is 0.606. The van der Waals surface area contributed by atoms with Crippen molar-refractivity contribution >= 4 is 29.3 Å². The van der Waals surface area contributed by atoms with Gasteiger partial charge in [-0.05, 0) is 31.3 Å². The van der Waals surface area contributed by atoms with E-state index in [1.807, 2.05) is 6.92 Å². The van der Waals surface area contributed by atoms with Crippen molar-refractivity contribution in [1.29, 1.82) is 0 Å². The Kier molecular flexibility index (Phi) is 2.55. The Morgan fingerprint density at radius 1 is 1.67 bits per heavy atom. The van der Waals surface area contributed by atoms with Crippen molar-refractivity contribution in [3.8, 4) is 0 Å². The van der Waals surface area contributed by atoms with Crippen LogP contribution in [0.5, 0.6) is 0 Å². The van der Waals surface area contributed by atoms with Crippen LogP contribution in [0.4, 0.5) is 0 Å². The first-order valence-corrected chi connectivity index (χ1v) is 5.01. The monoisotopic (exact) mass is 222 g/mol. The lowest BCUT2D eigenvalue weighted by molar-refractivity contribution is -0.122. The smallest absolute Gasteiger partial charge is 0.276 e. The van der Waals surface area contributed by atoms with Crippen LogP contribution in [-0.4, -0.2) is 22.5 Å². The zero-order chi connectivity index (χ0) is 10.8. The Balaban J connectivity index is 2.26. The third-order valence-electron chi connectivity index (χ3n) is 2.11. The number of nitrogens with zero attached hydrogens (tertiary/aromatic N) is 1. The molecular formula is C10H10N2O2S.